The average molecular weight is 272 g/mol. The van der Waals surface area contributed by atoms with E-state index < -0.39 is 5.97 Å². The van der Waals surface area contributed by atoms with E-state index in [4.69, 9.17) is 4.84 Å². The molecule has 1 aliphatic rings. The zero-order valence-corrected chi connectivity index (χ0v) is 11.5. The number of allylic oxidation sites excluding steroid dienone is 2. The van der Waals surface area contributed by atoms with Crippen molar-refractivity contribution in [2.75, 3.05) is 0 Å². The third-order valence-corrected chi connectivity index (χ3v) is 3.46. The van der Waals surface area contributed by atoms with Crippen molar-refractivity contribution in [2.45, 2.75) is 33.1 Å². The summed E-state index contributed by atoms with van der Waals surface area (Å²) in [7, 11) is 0. The predicted molar refractivity (Wildman–Crippen MR) is 73.6 cm³/mol. The summed E-state index contributed by atoms with van der Waals surface area (Å²) in [6, 6.07) is 0. The smallest absolute Gasteiger partial charge is 0.317 e. The van der Waals surface area contributed by atoms with E-state index in [1.165, 1.54) is 18.7 Å². The highest BCUT2D eigenvalue weighted by atomic mass is 16.7. The summed E-state index contributed by atoms with van der Waals surface area (Å²) in [5, 5.41) is 3.96. The summed E-state index contributed by atoms with van der Waals surface area (Å²) in [4.78, 5) is 26.0. The molecule has 2 aromatic heterocycles. The minimum absolute atomic E-state index is 0.437. The Bertz CT molecular complexity index is 690. The van der Waals surface area contributed by atoms with Crippen molar-refractivity contribution < 1.29 is 9.63 Å². The molecule has 1 aliphatic carbocycles. The Morgan fingerprint density at radius 1 is 1.45 bits per heavy atom. The number of aromatic nitrogens is 4. The van der Waals surface area contributed by atoms with E-state index in [0.29, 0.717) is 11.2 Å². The fraction of sp³-hybridized carbons (Fsp3) is 0.429. The first-order chi connectivity index (χ1) is 9.63. The highest BCUT2D eigenvalue weighted by Crippen LogP contribution is 2.29. The molecular weight excluding hydrogens is 256 g/mol. The van der Waals surface area contributed by atoms with Crippen molar-refractivity contribution in [1.29, 1.82) is 0 Å². The zero-order valence-electron chi connectivity index (χ0n) is 11.5. The lowest BCUT2D eigenvalue weighted by Gasteiger charge is -2.17. The van der Waals surface area contributed by atoms with Crippen molar-refractivity contribution in [3.8, 4) is 0 Å². The van der Waals surface area contributed by atoms with Crippen LogP contribution in [0.5, 0.6) is 0 Å². The minimum Gasteiger partial charge on any atom is -0.317 e. The van der Waals surface area contributed by atoms with E-state index in [0.717, 1.165) is 35.7 Å². The molecular formula is C14H16N4O2. The molecule has 0 N–H and O–H groups in total. The van der Waals surface area contributed by atoms with Crippen LogP contribution in [0.2, 0.25) is 0 Å². The lowest BCUT2D eigenvalue weighted by atomic mass is 9.90. The van der Waals surface area contributed by atoms with E-state index in [1.54, 1.807) is 6.20 Å². The fourth-order valence-electron chi connectivity index (χ4n) is 2.32. The van der Waals surface area contributed by atoms with Crippen LogP contribution in [0.3, 0.4) is 0 Å². The molecule has 0 fully saturated rings. The Morgan fingerprint density at radius 3 is 3.00 bits per heavy atom. The van der Waals surface area contributed by atoms with Gasteiger partial charge in [-0.15, -0.1) is 5.10 Å². The van der Waals surface area contributed by atoms with Gasteiger partial charge in [-0.05, 0) is 30.8 Å². The molecule has 2 heterocycles. The maximum atomic E-state index is 11.0. The van der Waals surface area contributed by atoms with Crippen molar-refractivity contribution >= 4 is 22.7 Å². The van der Waals surface area contributed by atoms with Gasteiger partial charge in [-0.1, -0.05) is 17.8 Å². The van der Waals surface area contributed by atoms with Gasteiger partial charge < -0.3 is 4.84 Å². The lowest BCUT2D eigenvalue weighted by Crippen LogP contribution is -2.18. The summed E-state index contributed by atoms with van der Waals surface area (Å²) < 4.78 is 0. The maximum Gasteiger partial charge on any atom is 0.332 e. The number of hydrogen-bond donors (Lipinski definition) is 0. The first kappa shape index (κ1) is 12.8. The highest BCUT2D eigenvalue weighted by Gasteiger charge is 2.15. The standard InChI is InChI=1S/C14H16N4O2/c1-9-3-5-11(6-4-9)12-7-15-13-8-16-18(14(13)17-12)20-10(2)19/h5,7-9H,3-4,6H2,1-2H3. The van der Waals surface area contributed by atoms with Gasteiger partial charge in [0.25, 0.3) is 0 Å². The number of hydrogen-bond acceptors (Lipinski definition) is 5. The van der Waals surface area contributed by atoms with E-state index in [1.807, 2.05) is 0 Å². The van der Waals surface area contributed by atoms with Gasteiger partial charge >= 0.3 is 5.97 Å². The van der Waals surface area contributed by atoms with Gasteiger partial charge in [0, 0.05) is 6.92 Å². The van der Waals surface area contributed by atoms with Crippen LogP contribution in [0.15, 0.2) is 18.5 Å². The number of carbonyl (C=O) groups is 1. The van der Waals surface area contributed by atoms with E-state index in [9.17, 15) is 4.79 Å². The van der Waals surface area contributed by atoms with Crippen LogP contribution < -0.4 is 4.84 Å². The Morgan fingerprint density at radius 2 is 2.30 bits per heavy atom. The highest BCUT2D eigenvalue weighted by molar-refractivity contribution is 5.74. The van der Waals surface area contributed by atoms with Crippen LogP contribution in [-0.2, 0) is 4.79 Å². The topological polar surface area (TPSA) is 69.9 Å². The number of nitrogens with zero attached hydrogens (tertiary/aromatic N) is 4. The number of carbonyl (C=O) groups excluding carboxylic acids is 1. The van der Waals surface area contributed by atoms with Gasteiger partial charge in [-0.25, -0.2) is 14.8 Å². The zero-order chi connectivity index (χ0) is 14.1. The first-order valence-electron chi connectivity index (χ1n) is 6.72. The summed E-state index contributed by atoms with van der Waals surface area (Å²) >= 11 is 0. The van der Waals surface area contributed by atoms with E-state index in [-0.39, 0.29) is 0 Å². The largest absolute Gasteiger partial charge is 0.332 e. The molecule has 3 rings (SSSR count). The molecule has 0 saturated heterocycles. The lowest BCUT2D eigenvalue weighted by molar-refractivity contribution is -0.142. The normalized spacial score (nSPS) is 18.9. The van der Waals surface area contributed by atoms with Gasteiger partial charge in [0.05, 0.1) is 18.1 Å². The quantitative estimate of drug-likeness (QED) is 0.836. The molecule has 6 nitrogen and oxygen atoms in total. The molecule has 104 valence electrons. The Labute approximate surface area is 116 Å². The van der Waals surface area contributed by atoms with Gasteiger partial charge in [0.2, 0.25) is 5.65 Å². The van der Waals surface area contributed by atoms with Crippen molar-refractivity contribution in [2.24, 2.45) is 5.92 Å². The van der Waals surface area contributed by atoms with Crippen molar-refractivity contribution in [3.05, 3.63) is 24.2 Å². The predicted octanol–water partition coefficient (Wildman–Crippen LogP) is 2.00. The van der Waals surface area contributed by atoms with E-state index in [2.05, 4.69) is 28.1 Å². The van der Waals surface area contributed by atoms with Gasteiger partial charge in [-0.3, -0.25) is 0 Å². The third-order valence-electron chi connectivity index (χ3n) is 3.46. The molecule has 0 aromatic carbocycles. The average Bonchev–Trinajstić information content (AvgIpc) is 2.81. The second-order valence-electron chi connectivity index (χ2n) is 5.17. The molecule has 0 aliphatic heterocycles. The molecule has 20 heavy (non-hydrogen) atoms. The fourth-order valence-corrected chi connectivity index (χ4v) is 2.32. The second kappa shape index (κ2) is 5.03. The molecule has 2 aromatic rings. The molecule has 0 bridgehead atoms. The number of fused-ring (bicyclic) bond motifs is 1. The van der Waals surface area contributed by atoms with Crippen LogP contribution in [0.1, 0.15) is 38.8 Å². The van der Waals surface area contributed by atoms with Crippen LogP contribution in [0.25, 0.3) is 16.7 Å². The van der Waals surface area contributed by atoms with Gasteiger partial charge in [0.1, 0.15) is 5.52 Å². The number of rotatable bonds is 2. The third kappa shape index (κ3) is 2.41. The van der Waals surface area contributed by atoms with Crippen LogP contribution in [0.4, 0.5) is 0 Å². The molecule has 1 unspecified atom stereocenters. The van der Waals surface area contributed by atoms with Crippen LogP contribution in [-0.4, -0.2) is 25.9 Å². The molecule has 0 spiro atoms. The summed E-state index contributed by atoms with van der Waals surface area (Å²) in [6.45, 7) is 3.58. The summed E-state index contributed by atoms with van der Waals surface area (Å²) in [6.07, 6.45) is 8.74. The van der Waals surface area contributed by atoms with Gasteiger partial charge in [-0.2, -0.15) is 0 Å². The van der Waals surface area contributed by atoms with E-state index >= 15 is 0 Å². The molecule has 0 saturated carbocycles. The van der Waals surface area contributed by atoms with Crippen LogP contribution >= 0.6 is 0 Å². The molecule has 0 radical (unpaired) electrons. The Hall–Kier alpha value is -2.24. The molecule has 6 heteroatoms. The van der Waals surface area contributed by atoms with Crippen molar-refractivity contribution in [1.82, 2.24) is 19.9 Å². The first-order valence-corrected chi connectivity index (χ1v) is 6.72. The summed E-state index contributed by atoms with van der Waals surface area (Å²) in [5.74, 6) is 0.287. The minimum atomic E-state index is -0.437. The van der Waals surface area contributed by atoms with Crippen molar-refractivity contribution in [3.63, 3.8) is 0 Å². The monoisotopic (exact) mass is 272 g/mol. The Kier molecular flexibility index (Phi) is 3.22. The SMILES string of the molecule is CC(=O)On1ncc2ncc(C3=CCC(C)CC3)nc21. The van der Waals surface area contributed by atoms with Gasteiger partial charge in [0.15, 0.2) is 0 Å². The maximum absolute atomic E-state index is 11.0. The molecule has 0 amide bonds. The van der Waals surface area contributed by atoms with Crippen LogP contribution in [0, 0.1) is 5.92 Å². The Balaban J connectivity index is 1.99. The molecule has 1 atom stereocenters. The second-order valence-corrected chi connectivity index (χ2v) is 5.17. The summed E-state index contributed by atoms with van der Waals surface area (Å²) in [5.41, 5.74) is 3.11.